The third-order valence-corrected chi connectivity index (χ3v) is 3.21. The number of rotatable bonds is 0. The van der Waals surface area contributed by atoms with Crippen LogP contribution in [0.5, 0.6) is 0 Å². The van der Waals surface area contributed by atoms with Crippen LogP contribution in [0.1, 0.15) is 45.4 Å². The lowest BCUT2D eigenvalue weighted by Gasteiger charge is -2.22. The van der Waals surface area contributed by atoms with Crippen molar-refractivity contribution in [1.29, 1.82) is 0 Å². The monoisotopic (exact) mass is 191 g/mol. The average Bonchev–Trinajstić information content (AvgIpc) is 2.17. The van der Waals surface area contributed by atoms with Crippen molar-refractivity contribution >= 4 is 0 Å². The summed E-state index contributed by atoms with van der Waals surface area (Å²) in [5.41, 5.74) is 2.70. The van der Waals surface area contributed by atoms with Gasteiger partial charge in [-0.15, -0.1) is 0 Å². The van der Waals surface area contributed by atoms with Gasteiger partial charge in [-0.05, 0) is 17.4 Å². The van der Waals surface area contributed by atoms with Crippen LogP contribution >= 0.6 is 0 Å². The Morgan fingerprint density at radius 1 is 1.14 bits per heavy atom. The molecule has 1 aliphatic rings. The minimum atomic E-state index is 0.00882. The lowest BCUT2D eigenvalue weighted by atomic mass is 9.82. The molecule has 0 spiro atoms. The van der Waals surface area contributed by atoms with Crippen LogP contribution in [0.2, 0.25) is 0 Å². The van der Waals surface area contributed by atoms with Crippen LogP contribution in [0.15, 0.2) is 16.9 Å². The zero-order chi connectivity index (χ0) is 10.6. The Labute approximate surface area is 84.4 Å². The molecular weight excluding hydrogens is 174 g/mol. The Hall–Kier alpha value is -1.05. The lowest BCUT2D eigenvalue weighted by molar-refractivity contribution is 0.399. The van der Waals surface area contributed by atoms with E-state index < -0.39 is 0 Å². The van der Waals surface area contributed by atoms with Gasteiger partial charge in [-0.25, -0.2) is 0 Å². The fraction of sp³-hybridized carbons (Fsp3) is 0.583. The molecule has 2 nitrogen and oxygen atoms in total. The lowest BCUT2D eigenvalue weighted by Crippen LogP contribution is -2.19. The highest BCUT2D eigenvalue weighted by Crippen LogP contribution is 2.47. The standard InChI is InChI=1S/C12H17NO/c1-11(2)7-12(3,4)10-8(11)5-6-9(14)13-10/h5-6H,7H2,1-4H3,(H,13,14). The zero-order valence-corrected chi connectivity index (χ0v) is 9.27. The largest absolute Gasteiger partial charge is 0.325 e. The van der Waals surface area contributed by atoms with Gasteiger partial charge in [0.25, 0.3) is 0 Å². The van der Waals surface area contributed by atoms with Gasteiger partial charge < -0.3 is 4.98 Å². The first kappa shape index (κ1) is 9.50. The van der Waals surface area contributed by atoms with Crippen LogP contribution in [0.25, 0.3) is 0 Å². The number of aromatic amines is 1. The van der Waals surface area contributed by atoms with E-state index in [2.05, 4.69) is 32.7 Å². The molecule has 0 radical (unpaired) electrons. The summed E-state index contributed by atoms with van der Waals surface area (Å²) in [6.07, 6.45) is 1.09. The number of aromatic nitrogens is 1. The summed E-state index contributed by atoms with van der Waals surface area (Å²) in [6.45, 7) is 8.85. The van der Waals surface area contributed by atoms with Crippen molar-refractivity contribution in [3.63, 3.8) is 0 Å². The molecule has 0 unspecified atom stereocenters. The van der Waals surface area contributed by atoms with Gasteiger partial charge in [0.15, 0.2) is 0 Å². The number of hydrogen-bond acceptors (Lipinski definition) is 1. The molecule has 0 aliphatic heterocycles. The molecule has 0 aromatic carbocycles. The SMILES string of the molecule is CC1(C)CC(C)(C)c2[nH]c(=O)ccc21. The fourth-order valence-electron chi connectivity index (χ4n) is 2.86. The van der Waals surface area contributed by atoms with Gasteiger partial charge in [-0.1, -0.05) is 33.8 Å². The summed E-state index contributed by atoms with van der Waals surface area (Å²) in [6, 6.07) is 3.60. The predicted molar refractivity (Wildman–Crippen MR) is 57.7 cm³/mol. The number of H-pyrrole nitrogens is 1. The molecular formula is C12H17NO. The molecule has 1 aromatic heterocycles. The minimum Gasteiger partial charge on any atom is -0.325 e. The summed E-state index contributed by atoms with van der Waals surface area (Å²) >= 11 is 0. The van der Waals surface area contributed by atoms with Gasteiger partial charge in [-0.3, -0.25) is 4.79 Å². The van der Waals surface area contributed by atoms with Crippen molar-refractivity contribution in [1.82, 2.24) is 4.98 Å². The van der Waals surface area contributed by atoms with E-state index in [9.17, 15) is 4.79 Å². The van der Waals surface area contributed by atoms with Gasteiger partial charge in [0, 0.05) is 17.2 Å². The number of fused-ring (bicyclic) bond motifs is 1. The summed E-state index contributed by atoms with van der Waals surface area (Å²) in [5.74, 6) is 0. The van der Waals surface area contributed by atoms with E-state index in [4.69, 9.17) is 0 Å². The molecule has 0 bridgehead atoms. The van der Waals surface area contributed by atoms with E-state index in [-0.39, 0.29) is 16.4 Å². The maximum absolute atomic E-state index is 11.3. The second-order valence-corrected chi connectivity index (χ2v) is 5.56. The van der Waals surface area contributed by atoms with E-state index in [0.717, 1.165) is 12.1 Å². The van der Waals surface area contributed by atoms with Crippen LogP contribution in [0.4, 0.5) is 0 Å². The van der Waals surface area contributed by atoms with Crippen LogP contribution in [-0.4, -0.2) is 4.98 Å². The topological polar surface area (TPSA) is 32.9 Å². The molecule has 1 aromatic rings. The molecule has 2 rings (SSSR count). The Balaban J connectivity index is 2.72. The van der Waals surface area contributed by atoms with Crippen LogP contribution in [-0.2, 0) is 10.8 Å². The van der Waals surface area contributed by atoms with Crippen molar-refractivity contribution in [2.24, 2.45) is 0 Å². The molecule has 0 atom stereocenters. The first-order chi connectivity index (χ1) is 6.33. The Bertz CT molecular complexity index is 426. The maximum atomic E-state index is 11.3. The predicted octanol–water partition coefficient (Wildman–Crippen LogP) is 2.33. The van der Waals surface area contributed by atoms with Gasteiger partial charge in [-0.2, -0.15) is 0 Å². The molecule has 76 valence electrons. The van der Waals surface area contributed by atoms with E-state index >= 15 is 0 Å². The first-order valence-corrected chi connectivity index (χ1v) is 5.07. The smallest absolute Gasteiger partial charge is 0.248 e. The Morgan fingerprint density at radius 2 is 1.79 bits per heavy atom. The molecule has 0 saturated carbocycles. The molecule has 14 heavy (non-hydrogen) atoms. The van der Waals surface area contributed by atoms with Crippen molar-refractivity contribution in [2.45, 2.75) is 44.9 Å². The van der Waals surface area contributed by atoms with Crippen LogP contribution in [0, 0.1) is 0 Å². The molecule has 0 saturated heterocycles. The fourth-order valence-corrected chi connectivity index (χ4v) is 2.86. The van der Waals surface area contributed by atoms with Crippen molar-refractivity contribution in [3.05, 3.63) is 33.7 Å². The highest BCUT2D eigenvalue weighted by Gasteiger charge is 2.42. The third kappa shape index (κ3) is 1.21. The van der Waals surface area contributed by atoms with Crippen LogP contribution < -0.4 is 5.56 Å². The van der Waals surface area contributed by atoms with Gasteiger partial charge in [0.05, 0.1) is 0 Å². The third-order valence-electron chi connectivity index (χ3n) is 3.21. The molecule has 0 amide bonds. The maximum Gasteiger partial charge on any atom is 0.248 e. The zero-order valence-electron chi connectivity index (χ0n) is 9.27. The second kappa shape index (κ2) is 2.50. The molecule has 2 heteroatoms. The first-order valence-electron chi connectivity index (χ1n) is 5.07. The van der Waals surface area contributed by atoms with Crippen molar-refractivity contribution in [2.75, 3.05) is 0 Å². The van der Waals surface area contributed by atoms with Crippen molar-refractivity contribution in [3.8, 4) is 0 Å². The number of hydrogen-bond donors (Lipinski definition) is 1. The van der Waals surface area contributed by atoms with Crippen LogP contribution in [0.3, 0.4) is 0 Å². The highest BCUT2D eigenvalue weighted by atomic mass is 16.1. The highest BCUT2D eigenvalue weighted by molar-refractivity contribution is 5.39. The van der Waals surface area contributed by atoms with E-state index in [0.29, 0.717) is 0 Å². The molecule has 1 heterocycles. The molecule has 0 fully saturated rings. The summed E-state index contributed by atoms with van der Waals surface area (Å²) in [4.78, 5) is 14.3. The molecule has 1 N–H and O–H groups in total. The average molecular weight is 191 g/mol. The van der Waals surface area contributed by atoms with E-state index in [1.807, 2.05) is 6.07 Å². The summed E-state index contributed by atoms with van der Waals surface area (Å²) < 4.78 is 0. The quantitative estimate of drug-likeness (QED) is 0.670. The second-order valence-electron chi connectivity index (χ2n) is 5.56. The minimum absolute atomic E-state index is 0.00882. The summed E-state index contributed by atoms with van der Waals surface area (Å²) in [7, 11) is 0. The number of pyridine rings is 1. The van der Waals surface area contributed by atoms with Gasteiger partial charge in [0.1, 0.15) is 0 Å². The van der Waals surface area contributed by atoms with Gasteiger partial charge in [0.2, 0.25) is 5.56 Å². The van der Waals surface area contributed by atoms with E-state index in [1.54, 1.807) is 6.07 Å². The number of nitrogens with one attached hydrogen (secondary N) is 1. The summed E-state index contributed by atoms with van der Waals surface area (Å²) in [5, 5.41) is 0. The Kier molecular flexibility index (Phi) is 1.70. The Morgan fingerprint density at radius 3 is 2.43 bits per heavy atom. The van der Waals surface area contributed by atoms with Crippen molar-refractivity contribution < 1.29 is 0 Å². The normalized spacial score (nSPS) is 22.0. The van der Waals surface area contributed by atoms with Gasteiger partial charge >= 0.3 is 0 Å². The molecule has 1 aliphatic carbocycles. The van der Waals surface area contributed by atoms with E-state index in [1.165, 1.54) is 5.56 Å².